The molecule has 0 N–H and O–H groups in total. The van der Waals surface area contributed by atoms with Crippen LogP contribution in [-0.4, -0.2) is 14.6 Å². The summed E-state index contributed by atoms with van der Waals surface area (Å²) in [7, 11) is -4.61. The Morgan fingerprint density at radius 3 is 2.80 bits per heavy atom. The highest BCUT2D eigenvalue weighted by molar-refractivity contribution is 7.47. The molecule has 0 atom stereocenters. The Balaban J connectivity index is 2.21. The molecule has 0 aliphatic rings. The van der Waals surface area contributed by atoms with E-state index in [-0.39, 0.29) is 0 Å². The molecular formula is C13H18N3O3P-2. The highest BCUT2D eigenvalue weighted by Gasteiger charge is 2.08. The van der Waals surface area contributed by atoms with Gasteiger partial charge in [0.2, 0.25) is 0 Å². The third-order valence-corrected chi connectivity index (χ3v) is 3.84. The van der Waals surface area contributed by atoms with Gasteiger partial charge in [-0.25, -0.2) is 9.50 Å². The van der Waals surface area contributed by atoms with Crippen molar-refractivity contribution in [2.45, 2.75) is 45.2 Å². The fraction of sp³-hybridized carbons (Fsp3) is 0.538. The molecule has 0 saturated carbocycles. The van der Waals surface area contributed by atoms with Crippen LogP contribution < -0.4 is 9.79 Å². The van der Waals surface area contributed by atoms with E-state index in [0.717, 1.165) is 31.4 Å². The van der Waals surface area contributed by atoms with E-state index in [1.54, 1.807) is 18.3 Å². The van der Waals surface area contributed by atoms with Crippen LogP contribution >= 0.6 is 7.60 Å². The zero-order valence-corrected chi connectivity index (χ0v) is 12.4. The van der Waals surface area contributed by atoms with Gasteiger partial charge < -0.3 is 14.4 Å². The lowest BCUT2D eigenvalue weighted by Gasteiger charge is -2.29. The Bertz CT molecular complexity index is 620. The number of aromatic nitrogens is 3. The van der Waals surface area contributed by atoms with Gasteiger partial charge in [0.05, 0.1) is 11.9 Å². The molecule has 0 amide bonds. The van der Waals surface area contributed by atoms with Crippen molar-refractivity contribution in [3.8, 4) is 0 Å². The number of fused-ring (bicyclic) bond motifs is 1. The Morgan fingerprint density at radius 2 is 2.10 bits per heavy atom. The van der Waals surface area contributed by atoms with Gasteiger partial charge in [-0.1, -0.05) is 33.8 Å². The minimum absolute atomic E-state index is 0.388. The fourth-order valence-corrected chi connectivity index (χ4v) is 2.83. The molecule has 0 aliphatic carbocycles. The Labute approximate surface area is 118 Å². The van der Waals surface area contributed by atoms with Gasteiger partial charge in [-0.15, -0.1) is 0 Å². The second-order valence-electron chi connectivity index (χ2n) is 4.92. The maximum absolute atomic E-state index is 11.0. The van der Waals surface area contributed by atoms with Gasteiger partial charge in [-0.2, -0.15) is 5.10 Å². The van der Waals surface area contributed by atoms with E-state index in [0.29, 0.717) is 11.3 Å². The first-order valence-electron chi connectivity index (χ1n) is 6.83. The van der Waals surface area contributed by atoms with Crippen LogP contribution in [0.5, 0.6) is 0 Å². The smallest absolute Gasteiger partial charge is 0.155 e. The minimum Gasteiger partial charge on any atom is -0.810 e. The number of nitrogens with zero attached hydrogens (tertiary/aromatic N) is 3. The van der Waals surface area contributed by atoms with Crippen LogP contribution in [0.25, 0.3) is 5.65 Å². The van der Waals surface area contributed by atoms with Gasteiger partial charge in [0.15, 0.2) is 5.65 Å². The molecule has 0 spiro atoms. The first kappa shape index (κ1) is 15.2. The topological polar surface area (TPSA) is 93.4 Å². The van der Waals surface area contributed by atoms with Crippen LogP contribution in [0.2, 0.25) is 0 Å². The van der Waals surface area contributed by atoms with Crippen LogP contribution in [0.4, 0.5) is 0 Å². The highest BCUT2D eigenvalue weighted by atomic mass is 31.2. The molecule has 110 valence electrons. The summed E-state index contributed by atoms with van der Waals surface area (Å²) in [6.45, 7) is 2.15. The van der Waals surface area contributed by atoms with Crippen molar-refractivity contribution in [3.63, 3.8) is 0 Å². The molecular weight excluding hydrogens is 277 g/mol. The van der Waals surface area contributed by atoms with Gasteiger partial charge in [0.25, 0.3) is 0 Å². The zero-order chi connectivity index (χ0) is 14.6. The lowest BCUT2D eigenvalue weighted by Crippen LogP contribution is -2.17. The molecule has 0 saturated heterocycles. The summed E-state index contributed by atoms with van der Waals surface area (Å²) in [5, 5.41) is 4.01. The number of hydrogen-bond acceptors (Lipinski definition) is 5. The molecule has 7 heteroatoms. The van der Waals surface area contributed by atoms with Crippen molar-refractivity contribution >= 4 is 13.2 Å². The normalized spacial score (nSPS) is 12.2. The molecule has 2 aromatic rings. The summed E-state index contributed by atoms with van der Waals surface area (Å²) < 4.78 is 12.4. The van der Waals surface area contributed by atoms with E-state index < -0.39 is 13.8 Å². The zero-order valence-electron chi connectivity index (χ0n) is 11.5. The number of unbranched alkanes of at least 4 members (excludes halogenated alkanes) is 3. The predicted molar refractivity (Wildman–Crippen MR) is 72.1 cm³/mol. The summed E-state index contributed by atoms with van der Waals surface area (Å²) >= 11 is 0. The predicted octanol–water partition coefficient (Wildman–Crippen LogP) is 1.27. The van der Waals surface area contributed by atoms with Crippen LogP contribution in [-0.2, 0) is 17.1 Å². The van der Waals surface area contributed by atoms with Gasteiger partial charge in [0.1, 0.15) is 0 Å². The second-order valence-corrected chi connectivity index (χ2v) is 6.46. The SMILES string of the molecule is CCCCCCc1cc(CP(=O)([O-])[O-])n2nccc2n1. The quantitative estimate of drug-likeness (QED) is 0.566. The summed E-state index contributed by atoms with van der Waals surface area (Å²) in [5.74, 6) is 0. The second kappa shape index (κ2) is 6.48. The van der Waals surface area contributed by atoms with Crippen molar-refractivity contribution in [1.29, 1.82) is 0 Å². The van der Waals surface area contributed by atoms with E-state index in [9.17, 15) is 14.4 Å². The molecule has 0 aliphatic heterocycles. The molecule has 20 heavy (non-hydrogen) atoms. The maximum atomic E-state index is 11.0. The molecule has 2 aromatic heterocycles. The molecule has 2 heterocycles. The van der Waals surface area contributed by atoms with Gasteiger partial charge >= 0.3 is 0 Å². The number of hydrogen-bond donors (Lipinski definition) is 0. The van der Waals surface area contributed by atoms with E-state index in [2.05, 4.69) is 17.0 Å². The largest absolute Gasteiger partial charge is 0.810 e. The molecule has 6 nitrogen and oxygen atoms in total. The van der Waals surface area contributed by atoms with Crippen molar-refractivity contribution < 1.29 is 14.4 Å². The number of aryl methyl sites for hydroxylation is 1. The summed E-state index contributed by atoms with van der Waals surface area (Å²) in [6.07, 6.45) is 6.28. The van der Waals surface area contributed by atoms with Crippen LogP contribution in [0.3, 0.4) is 0 Å². The molecule has 2 rings (SSSR count). The maximum Gasteiger partial charge on any atom is 0.155 e. The molecule has 0 unspecified atom stereocenters. The first-order chi connectivity index (χ1) is 9.49. The van der Waals surface area contributed by atoms with Crippen molar-refractivity contribution in [2.24, 2.45) is 0 Å². The minimum atomic E-state index is -4.61. The molecule has 0 aromatic carbocycles. The first-order valence-corrected chi connectivity index (χ1v) is 8.56. The van der Waals surface area contributed by atoms with Crippen LogP contribution in [0.15, 0.2) is 18.3 Å². The van der Waals surface area contributed by atoms with Gasteiger partial charge in [0, 0.05) is 17.9 Å². The van der Waals surface area contributed by atoms with E-state index in [4.69, 9.17) is 0 Å². The number of rotatable bonds is 7. The highest BCUT2D eigenvalue weighted by Crippen LogP contribution is 2.29. The molecule has 0 radical (unpaired) electrons. The summed E-state index contributed by atoms with van der Waals surface area (Å²) in [4.78, 5) is 26.4. The van der Waals surface area contributed by atoms with E-state index in [1.807, 2.05) is 0 Å². The van der Waals surface area contributed by atoms with Crippen molar-refractivity contribution in [2.75, 3.05) is 0 Å². The summed E-state index contributed by atoms with van der Waals surface area (Å²) in [5.41, 5.74) is 1.79. The van der Waals surface area contributed by atoms with Gasteiger partial charge in [-0.05, 0) is 18.9 Å². The third-order valence-electron chi connectivity index (χ3n) is 3.13. The van der Waals surface area contributed by atoms with Crippen LogP contribution in [0.1, 0.15) is 44.0 Å². The van der Waals surface area contributed by atoms with Gasteiger partial charge in [-0.3, -0.25) is 0 Å². The van der Waals surface area contributed by atoms with Crippen molar-refractivity contribution in [1.82, 2.24) is 14.6 Å². The van der Waals surface area contributed by atoms with Crippen LogP contribution in [0, 0.1) is 0 Å². The fourth-order valence-electron chi connectivity index (χ4n) is 2.21. The average molecular weight is 295 g/mol. The lowest BCUT2D eigenvalue weighted by atomic mass is 10.1. The third kappa shape index (κ3) is 4.13. The monoisotopic (exact) mass is 295 g/mol. The summed E-state index contributed by atoms with van der Waals surface area (Å²) in [6, 6.07) is 3.38. The molecule has 0 bridgehead atoms. The standard InChI is InChI=1S/C13H20N3O3P/c1-2-3-4-5-6-11-9-12(10-20(17,18)19)16-13(15-11)7-8-14-16/h7-9H,2-6,10H2,1H3,(H2,17,18,19)/p-2. The van der Waals surface area contributed by atoms with Crippen molar-refractivity contribution in [3.05, 3.63) is 29.7 Å². The Kier molecular flexibility index (Phi) is 4.91. The van der Waals surface area contributed by atoms with E-state index in [1.165, 1.54) is 10.9 Å². The molecule has 0 fully saturated rings. The van der Waals surface area contributed by atoms with E-state index >= 15 is 0 Å². The Hall–Kier alpha value is -1.23. The Morgan fingerprint density at radius 1 is 1.30 bits per heavy atom. The average Bonchev–Trinajstić information content (AvgIpc) is 2.81. The lowest BCUT2D eigenvalue weighted by molar-refractivity contribution is -0.314.